The van der Waals surface area contributed by atoms with Crippen molar-refractivity contribution in [2.45, 2.75) is 122 Å². The van der Waals surface area contributed by atoms with Gasteiger partial charge in [0, 0.05) is 27.1 Å². The molecule has 0 aliphatic heterocycles. The Bertz CT molecular complexity index is 3040. The van der Waals surface area contributed by atoms with E-state index in [2.05, 4.69) is 162 Å². The molecule has 0 nitrogen and oxygen atoms in total. The molecule has 0 heteroatoms. The molecule has 56 heavy (non-hydrogen) atoms. The van der Waals surface area contributed by atoms with Crippen LogP contribution in [0.4, 0.5) is 0 Å². The van der Waals surface area contributed by atoms with Crippen molar-refractivity contribution >= 4 is 34.1 Å². The van der Waals surface area contributed by atoms with Gasteiger partial charge in [-0.1, -0.05) is 150 Å². The summed E-state index contributed by atoms with van der Waals surface area (Å²) in [5.41, 5.74) is 26.0. The largest absolute Gasteiger partial charge is 0.0943 e. The molecular weight excluding hydrogens is 673 g/mol. The smallest absolute Gasteiger partial charge is 0.0162 e. The summed E-state index contributed by atoms with van der Waals surface area (Å²) in [5.74, 6) is 0.485. The van der Waals surface area contributed by atoms with Crippen LogP contribution in [0.3, 0.4) is 0 Å². The van der Waals surface area contributed by atoms with Crippen molar-refractivity contribution in [3.8, 4) is 11.1 Å². The van der Waals surface area contributed by atoms with Crippen LogP contribution in [-0.2, 0) is 32.5 Å². The number of benzene rings is 5. The maximum absolute atomic E-state index is 5.00. The van der Waals surface area contributed by atoms with Gasteiger partial charge < -0.3 is 0 Å². The topological polar surface area (TPSA) is 0 Å². The molecule has 0 heterocycles. The molecule has 0 spiro atoms. The molecule has 1 unspecified atom stereocenters. The Hall–Kier alpha value is -4.68. The highest BCUT2D eigenvalue weighted by Crippen LogP contribution is 2.66. The minimum Gasteiger partial charge on any atom is -0.0943 e. The third-order valence-corrected chi connectivity index (χ3v) is 17.0. The lowest BCUT2D eigenvalue weighted by molar-refractivity contribution is 0.412. The van der Waals surface area contributed by atoms with Gasteiger partial charge in [-0.3, -0.25) is 0 Å². The molecule has 7 aliphatic carbocycles. The van der Waals surface area contributed by atoms with E-state index in [0.717, 1.165) is 6.42 Å². The van der Waals surface area contributed by atoms with Crippen molar-refractivity contribution in [2.75, 3.05) is 0 Å². The number of rotatable bonds is 1. The van der Waals surface area contributed by atoms with Gasteiger partial charge in [0.2, 0.25) is 0 Å². The van der Waals surface area contributed by atoms with Gasteiger partial charge in [0.25, 0.3) is 0 Å². The predicted molar refractivity (Wildman–Crippen MR) is 237 cm³/mol. The Balaban J connectivity index is 1.12. The fraction of sp³-hybridized carbons (Fsp3) is 0.357. The van der Waals surface area contributed by atoms with Crippen molar-refractivity contribution in [3.63, 3.8) is 0 Å². The number of allylic oxidation sites excluding steroid dienone is 4. The molecule has 0 N–H and O–H groups in total. The highest BCUT2D eigenvalue weighted by molar-refractivity contribution is 6.09. The van der Waals surface area contributed by atoms with Crippen LogP contribution >= 0.6 is 0 Å². The summed E-state index contributed by atoms with van der Waals surface area (Å²) < 4.78 is 0. The number of hydrogen-bond acceptors (Lipinski definition) is 0. The maximum atomic E-state index is 5.00. The van der Waals surface area contributed by atoms with E-state index in [4.69, 9.17) is 6.58 Å². The summed E-state index contributed by atoms with van der Waals surface area (Å²) in [4.78, 5) is 0. The van der Waals surface area contributed by atoms with Crippen LogP contribution in [0.25, 0.3) is 45.2 Å². The summed E-state index contributed by atoms with van der Waals surface area (Å²) in [7, 11) is 0. The molecular formula is C56H54. The summed E-state index contributed by atoms with van der Waals surface area (Å²) >= 11 is 0. The van der Waals surface area contributed by atoms with Crippen molar-refractivity contribution in [1.82, 2.24) is 0 Å². The Morgan fingerprint density at radius 3 is 2.05 bits per heavy atom. The fourth-order valence-corrected chi connectivity index (χ4v) is 13.8. The predicted octanol–water partition coefficient (Wildman–Crippen LogP) is 12.3. The highest BCUT2D eigenvalue weighted by atomic mass is 14.6. The van der Waals surface area contributed by atoms with E-state index in [0.29, 0.717) is 5.92 Å². The van der Waals surface area contributed by atoms with Crippen LogP contribution in [-0.4, -0.2) is 0 Å². The number of fused-ring (bicyclic) bond motifs is 4. The monoisotopic (exact) mass is 726 g/mol. The van der Waals surface area contributed by atoms with E-state index >= 15 is 0 Å². The average molecular weight is 727 g/mol. The third kappa shape index (κ3) is 3.35. The molecule has 0 bridgehead atoms. The Morgan fingerprint density at radius 2 is 1.29 bits per heavy atom. The zero-order valence-electron chi connectivity index (χ0n) is 35.5. The van der Waals surface area contributed by atoms with E-state index < -0.39 is 0 Å². The van der Waals surface area contributed by atoms with Gasteiger partial charge in [-0.05, 0) is 157 Å². The number of hydrogen-bond donors (Lipinski definition) is 0. The maximum Gasteiger partial charge on any atom is 0.0162 e. The molecule has 0 amide bonds. The first-order chi connectivity index (χ1) is 26.2. The molecule has 12 rings (SSSR count). The first kappa shape index (κ1) is 33.5. The molecule has 0 fully saturated rings. The van der Waals surface area contributed by atoms with Gasteiger partial charge in [-0.25, -0.2) is 0 Å². The van der Waals surface area contributed by atoms with Crippen molar-refractivity contribution < 1.29 is 0 Å². The van der Waals surface area contributed by atoms with Crippen LogP contribution in [0.5, 0.6) is 0 Å². The second kappa shape index (κ2) is 9.37. The molecule has 5 aromatic carbocycles. The second-order valence-corrected chi connectivity index (χ2v) is 21.8. The molecule has 0 saturated carbocycles. The molecule has 0 radical (unpaired) electrons. The van der Waals surface area contributed by atoms with Gasteiger partial charge in [0.1, 0.15) is 0 Å². The third-order valence-electron chi connectivity index (χ3n) is 17.0. The Labute approximate surface area is 333 Å². The van der Waals surface area contributed by atoms with Crippen LogP contribution in [0.1, 0.15) is 156 Å². The highest BCUT2D eigenvalue weighted by Gasteiger charge is 2.55. The summed E-state index contributed by atoms with van der Waals surface area (Å²) in [6.07, 6.45) is 8.79. The standard InChI is InChI=1S/C56H54/c1-28-33(34-27-40-46-44-38(56(12,13)50(46)48(34)51(28,2)3)23-21-30-17-15-19-36(42(30)44)54(40,8)9)26-32-24-31-25-39-45-43-37(55(10,11)49(45)47(31)52(32,4)5)22-20-29-16-14-18-35(41(29)43)53(39,6)7/h14-22,24-27,38H,1,23H2,2-13H3. The van der Waals surface area contributed by atoms with Gasteiger partial charge >= 0.3 is 0 Å². The van der Waals surface area contributed by atoms with E-state index in [1.54, 1.807) is 22.3 Å². The second-order valence-electron chi connectivity index (χ2n) is 21.8. The fourth-order valence-electron chi connectivity index (χ4n) is 13.8. The first-order valence-corrected chi connectivity index (χ1v) is 21.2. The van der Waals surface area contributed by atoms with Crippen molar-refractivity contribution in [2.24, 2.45) is 5.92 Å². The molecule has 0 aromatic heterocycles. The van der Waals surface area contributed by atoms with Crippen molar-refractivity contribution in [3.05, 3.63) is 162 Å². The average Bonchev–Trinajstić information content (AvgIpc) is 3.71. The van der Waals surface area contributed by atoms with Crippen LogP contribution in [0, 0.1) is 5.92 Å². The zero-order valence-corrected chi connectivity index (χ0v) is 35.5. The quantitative estimate of drug-likeness (QED) is 0.161. The molecule has 5 aromatic rings. The van der Waals surface area contributed by atoms with Crippen molar-refractivity contribution in [1.29, 1.82) is 0 Å². The van der Waals surface area contributed by atoms with E-state index in [1.165, 1.54) is 99.1 Å². The lowest BCUT2D eigenvalue weighted by atomic mass is 9.66. The van der Waals surface area contributed by atoms with Crippen LogP contribution < -0.4 is 10.4 Å². The lowest BCUT2D eigenvalue weighted by Crippen LogP contribution is -2.44. The molecule has 0 saturated heterocycles. The van der Waals surface area contributed by atoms with Gasteiger partial charge in [-0.2, -0.15) is 0 Å². The minimum atomic E-state index is -0.182. The van der Waals surface area contributed by atoms with Crippen LogP contribution in [0.15, 0.2) is 84.5 Å². The van der Waals surface area contributed by atoms with Gasteiger partial charge in [0.05, 0.1) is 0 Å². The van der Waals surface area contributed by atoms with E-state index in [-0.39, 0.29) is 32.5 Å². The molecule has 7 aliphatic rings. The minimum absolute atomic E-state index is 0.0151. The molecule has 1 atom stereocenters. The summed E-state index contributed by atoms with van der Waals surface area (Å²) in [5, 5.41) is 5.80. The van der Waals surface area contributed by atoms with Gasteiger partial charge in [0.15, 0.2) is 0 Å². The Morgan fingerprint density at radius 1 is 0.589 bits per heavy atom. The lowest BCUT2D eigenvalue weighted by Gasteiger charge is -2.37. The van der Waals surface area contributed by atoms with Gasteiger partial charge in [-0.15, -0.1) is 0 Å². The SMILES string of the molecule is C=C1C(=CC2=Cc3cc4c5c(c3C2(C)C)C(C)(C)c2ccc3cccc(c3c2-5)C4(C)C)c2cc3c4c(c2C1(C)C)C(C)(C)C1CC=c2cccc(c2=C41)C3(C)C. The summed E-state index contributed by atoms with van der Waals surface area (Å²) in [6, 6.07) is 24.1. The summed E-state index contributed by atoms with van der Waals surface area (Å²) in [6.45, 7) is 34.8. The van der Waals surface area contributed by atoms with E-state index in [1.807, 2.05) is 0 Å². The first-order valence-electron chi connectivity index (χ1n) is 21.2. The van der Waals surface area contributed by atoms with Crippen LogP contribution in [0.2, 0.25) is 0 Å². The normalized spacial score (nSPS) is 24.6. The zero-order chi connectivity index (χ0) is 39.2. The Kier molecular flexibility index (Phi) is 5.60. The molecule has 278 valence electrons. The van der Waals surface area contributed by atoms with E-state index in [9.17, 15) is 0 Å².